The molecule has 0 heterocycles. The Morgan fingerprint density at radius 2 is 1.81 bits per heavy atom. The highest BCUT2D eigenvalue weighted by Crippen LogP contribution is 2.26. The number of nitro groups is 1. The molecule has 0 fully saturated rings. The molecule has 0 radical (unpaired) electrons. The second-order valence-electron chi connectivity index (χ2n) is 6.27. The number of hydrogen-bond acceptors (Lipinski definition) is 5. The summed E-state index contributed by atoms with van der Waals surface area (Å²) in [5.74, 6) is -0.592. The molecule has 0 aromatic heterocycles. The fourth-order valence-corrected chi connectivity index (χ4v) is 3.93. The summed E-state index contributed by atoms with van der Waals surface area (Å²) in [5.41, 5.74) is 1.65. The molecule has 2 aromatic rings. The summed E-state index contributed by atoms with van der Waals surface area (Å²) in [4.78, 5) is 23.2. The molecule has 0 saturated heterocycles. The summed E-state index contributed by atoms with van der Waals surface area (Å²) >= 11 is 0. The summed E-state index contributed by atoms with van der Waals surface area (Å²) < 4.78 is 25.6. The molecular weight excluding hydrogens is 370 g/mol. The molecule has 0 spiro atoms. The van der Waals surface area contributed by atoms with E-state index in [9.17, 15) is 23.3 Å². The number of benzene rings is 2. The van der Waals surface area contributed by atoms with Gasteiger partial charge in [0.25, 0.3) is 5.69 Å². The van der Waals surface area contributed by atoms with E-state index < -0.39 is 26.9 Å². The summed E-state index contributed by atoms with van der Waals surface area (Å²) in [6.07, 6.45) is 1.03. The summed E-state index contributed by atoms with van der Waals surface area (Å²) in [7, 11) is -3.74. The Kier molecular flexibility index (Phi) is 5.85. The number of hydrogen-bond donors (Lipinski definition) is 1. The number of nitrogens with zero attached hydrogens (tertiary/aromatic N) is 2. The van der Waals surface area contributed by atoms with E-state index in [1.165, 1.54) is 32.0 Å². The Morgan fingerprint density at radius 3 is 2.37 bits per heavy atom. The maximum atomic E-state index is 12.7. The second kappa shape index (κ2) is 7.75. The van der Waals surface area contributed by atoms with E-state index in [1.54, 1.807) is 18.2 Å². The fraction of sp³-hybridized carbons (Fsp3) is 0.278. The van der Waals surface area contributed by atoms with Crippen molar-refractivity contribution in [1.82, 2.24) is 0 Å². The molecule has 1 N–H and O–H groups in total. The van der Waals surface area contributed by atoms with Gasteiger partial charge in [0, 0.05) is 6.07 Å². The minimum atomic E-state index is -3.74. The third-order valence-corrected chi connectivity index (χ3v) is 5.35. The number of amides is 1. The molecular formula is C18H21N3O5S. The summed E-state index contributed by atoms with van der Waals surface area (Å²) in [6, 6.07) is 10.1. The fourth-order valence-electron chi connectivity index (χ4n) is 2.77. The molecule has 2 rings (SSSR count). The zero-order valence-electron chi connectivity index (χ0n) is 15.5. The van der Waals surface area contributed by atoms with Gasteiger partial charge >= 0.3 is 0 Å². The van der Waals surface area contributed by atoms with Gasteiger partial charge in [0.1, 0.15) is 6.04 Å². The molecule has 0 aliphatic heterocycles. The van der Waals surface area contributed by atoms with Gasteiger partial charge in [0.2, 0.25) is 15.9 Å². The number of nitro benzene ring substituents is 1. The molecule has 1 atom stereocenters. The Labute approximate surface area is 158 Å². The van der Waals surface area contributed by atoms with Crippen molar-refractivity contribution in [3.05, 3.63) is 63.7 Å². The molecule has 8 nitrogen and oxygen atoms in total. The highest BCUT2D eigenvalue weighted by Gasteiger charge is 2.29. The van der Waals surface area contributed by atoms with E-state index in [0.717, 1.165) is 16.1 Å². The topological polar surface area (TPSA) is 110 Å². The number of carbonyl (C=O) groups excluding carboxylic acids is 1. The minimum absolute atomic E-state index is 0.126. The maximum Gasteiger partial charge on any atom is 0.274 e. The monoisotopic (exact) mass is 391 g/mol. The lowest BCUT2D eigenvalue weighted by atomic mass is 10.1. The average molecular weight is 391 g/mol. The molecule has 9 heteroatoms. The van der Waals surface area contributed by atoms with Crippen LogP contribution in [0, 0.1) is 24.0 Å². The zero-order valence-corrected chi connectivity index (χ0v) is 16.3. The number of sulfonamides is 1. The van der Waals surface area contributed by atoms with Gasteiger partial charge in [-0.1, -0.05) is 18.2 Å². The summed E-state index contributed by atoms with van der Waals surface area (Å²) in [5, 5.41) is 13.6. The summed E-state index contributed by atoms with van der Waals surface area (Å²) in [6.45, 7) is 4.81. The highest BCUT2D eigenvalue weighted by atomic mass is 32.2. The number of rotatable bonds is 6. The molecule has 0 saturated carbocycles. The van der Waals surface area contributed by atoms with Crippen LogP contribution in [0.1, 0.15) is 18.1 Å². The highest BCUT2D eigenvalue weighted by molar-refractivity contribution is 7.92. The van der Waals surface area contributed by atoms with Crippen LogP contribution in [0.3, 0.4) is 0 Å². The van der Waals surface area contributed by atoms with Crippen molar-refractivity contribution in [1.29, 1.82) is 0 Å². The predicted molar refractivity (Wildman–Crippen MR) is 104 cm³/mol. The first-order valence-electron chi connectivity index (χ1n) is 8.13. The third-order valence-electron chi connectivity index (χ3n) is 4.10. The Bertz CT molecular complexity index is 988. The Hall–Kier alpha value is -2.94. The minimum Gasteiger partial charge on any atom is -0.324 e. The standard InChI is InChI=1S/C18H21N3O5S/c1-12-7-5-8-15(11-12)20(27(4,25)26)14(3)18(22)19-16-9-6-10-17(13(16)2)21(23)24/h5-11,14H,1-4H3,(H,19,22). The Morgan fingerprint density at radius 1 is 1.19 bits per heavy atom. The van der Waals surface area contributed by atoms with E-state index in [0.29, 0.717) is 11.3 Å². The van der Waals surface area contributed by atoms with Crippen LogP contribution >= 0.6 is 0 Å². The molecule has 144 valence electrons. The lowest BCUT2D eigenvalue weighted by Crippen LogP contribution is -2.45. The van der Waals surface area contributed by atoms with Crippen molar-refractivity contribution in [2.24, 2.45) is 0 Å². The molecule has 1 unspecified atom stereocenters. The van der Waals surface area contributed by atoms with Crippen LogP contribution in [0.15, 0.2) is 42.5 Å². The van der Waals surface area contributed by atoms with Crippen LogP contribution in [0.25, 0.3) is 0 Å². The van der Waals surface area contributed by atoms with Crippen molar-refractivity contribution >= 4 is 33.0 Å². The number of anilines is 2. The smallest absolute Gasteiger partial charge is 0.274 e. The lowest BCUT2D eigenvalue weighted by molar-refractivity contribution is -0.385. The Balaban J connectivity index is 2.37. The first-order chi connectivity index (χ1) is 12.5. The maximum absolute atomic E-state index is 12.7. The van der Waals surface area contributed by atoms with Crippen molar-refractivity contribution in [2.45, 2.75) is 26.8 Å². The van der Waals surface area contributed by atoms with Gasteiger partial charge in [-0.3, -0.25) is 19.2 Å². The van der Waals surface area contributed by atoms with Crippen LogP contribution in [-0.2, 0) is 14.8 Å². The van der Waals surface area contributed by atoms with Gasteiger partial charge in [0.05, 0.1) is 28.1 Å². The van der Waals surface area contributed by atoms with E-state index in [1.807, 2.05) is 13.0 Å². The lowest BCUT2D eigenvalue weighted by Gasteiger charge is -2.28. The predicted octanol–water partition coefficient (Wildman–Crippen LogP) is 3.00. The quantitative estimate of drug-likeness (QED) is 0.601. The molecule has 27 heavy (non-hydrogen) atoms. The molecule has 0 aliphatic carbocycles. The number of carbonyl (C=O) groups is 1. The average Bonchev–Trinajstić information content (AvgIpc) is 2.55. The van der Waals surface area contributed by atoms with E-state index in [2.05, 4.69) is 5.32 Å². The van der Waals surface area contributed by atoms with Gasteiger partial charge in [-0.2, -0.15) is 0 Å². The molecule has 2 aromatic carbocycles. The van der Waals surface area contributed by atoms with Crippen LogP contribution in [0.2, 0.25) is 0 Å². The SMILES string of the molecule is Cc1cccc(N(C(C)C(=O)Nc2cccc([N+](=O)[O-])c2C)S(C)(=O)=O)c1. The molecule has 0 bridgehead atoms. The van der Waals surface area contributed by atoms with Crippen molar-refractivity contribution in [2.75, 3.05) is 15.9 Å². The van der Waals surface area contributed by atoms with Gasteiger partial charge in [-0.25, -0.2) is 8.42 Å². The first-order valence-corrected chi connectivity index (χ1v) is 9.98. The normalized spacial score (nSPS) is 12.3. The molecule has 1 amide bonds. The first kappa shape index (κ1) is 20.4. The second-order valence-corrected chi connectivity index (χ2v) is 8.13. The van der Waals surface area contributed by atoms with Gasteiger partial charge in [-0.05, 0) is 44.5 Å². The van der Waals surface area contributed by atoms with Gasteiger partial charge in [0.15, 0.2) is 0 Å². The third kappa shape index (κ3) is 4.62. The van der Waals surface area contributed by atoms with Crippen molar-refractivity contribution in [3.8, 4) is 0 Å². The van der Waals surface area contributed by atoms with E-state index in [-0.39, 0.29) is 11.4 Å². The van der Waals surface area contributed by atoms with Crippen LogP contribution < -0.4 is 9.62 Å². The molecule has 0 aliphatic rings. The number of nitrogens with one attached hydrogen (secondary N) is 1. The van der Waals surface area contributed by atoms with E-state index >= 15 is 0 Å². The van der Waals surface area contributed by atoms with Crippen molar-refractivity contribution in [3.63, 3.8) is 0 Å². The van der Waals surface area contributed by atoms with Gasteiger partial charge in [-0.15, -0.1) is 0 Å². The zero-order chi connectivity index (χ0) is 20.4. The van der Waals surface area contributed by atoms with Crippen LogP contribution in [0.4, 0.5) is 17.1 Å². The van der Waals surface area contributed by atoms with Crippen molar-refractivity contribution < 1.29 is 18.1 Å². The van der Waals surface area contributed by atoms with Gasteiger partial charge < -0.3 is 5.32 Å². The number of aryl methyl sites for hydroxylation is 1. The largest absolute Gasteiger partial charge is 0.324 e. The van der Waals surface area contributed by atoms with Crippen LogP contribution in [0.5, 0.6) is 0 Å². The van der Waals surface area contributed by atoms with Crippen LogP contribution in [-0.4, -0.2) is 31.5 Å². The van der Waals surface area contributed by atoms with E-state index in [4.69, 9.17) is 0 Å².